The van der Waals surface area contributed by atoms with Crippen molar-refractivity contribution in [2.75, 3.05) is 26.2 Å². The molecule has 1 aromatic heterocycles. The molecule has 2 heterocycles. The molecule has 0 spiro atoms. The Morgan fingerprint density at radius 3 is 2.50 bits per heavy atom. The van der Waals surface area contributed by atoms with Crippen LogP contribution in [0.3, 0.4) is 0 Å². The lowest BCUT2D eigenvalue weighted by Crippen LogP contribution is -2.35. The summed E-state index contributed by atoms with van der Waals surface area (Å²) < 4.78 is 28.0. The first-order valence-electron chi connectivity index (χ1n) is 6.97. The fourth-order valence-electron chi connectivity index (χ4n) is 2.47. The average Bonchev–Trinajstić information content (AvgIpc) is 2.60. The van der Waals surface area contributed by atoms with Gasteiger partial charge in [0.2, 0.25) is 10.0 Å². The number of hydrogen-bond acceptors (Lipinski definition) is 4. The van der Waals surface area contributed by atoms with Crippen LogP contribution < -0.4 is 4.72 Å². The number of aryl methyl sites for hydroxylation is 1. The van der Waals surface area contributed by atoms with Gasteiger partial charge in [0.1, 0.15) is 0 Å². The number of sulfonamides is 1. The van der Waals surface area contributed by atoms with Crippen molar-refractivity contribution in [3.8, 4) is 0 Å². The molecule has 0 aliphatic carbocycles. The van der Waals surface area contributed by atoms with E-state index < -0.39 is 10.0 Å². The summed E-state index contributed by atoms with van der Waals surface area (Å²) in [5.74, 6) is 0. The molecule has 2 rings (SSSR count). The maximum absolute atomic E-state index is 12.2. The van der Waals surface area contributed by atoms with E-state index in [4.69, 9.17) is 0 Å². The summed E-state index contributed by atoms with van der Waals surface area (Å²) in [6.45, 7) is 5.28. The van der Waals surface area contributed by atoms with Crippen LogP contribution in [0.1, 0.15) is 30.6 Å². The molecule has 0 amide bonds. The van der Waals surface area contributed by atoms with Crippen molar-refractivity contribution in [2.24, 2.45) is 0 Å². The monoisotopic (exact) mass is 380 g/mol. The van der Waals surface area contributed by atoms with E-state index in [0.717, 1.165) is 28.3 Å². The molecule has 0 atom stereocenters. The van der Waals surface area contributed by atoms with Gasteiger partial charge in [0, 0.05) is 18.0 Å². The molecule has 1 fully saturated rings. The Bertz CT molecular complexity index is 535. The zero-order chi connectivity index (χ0) is 14.6. The molecule has 0 unspecified atom stereocenters. The van der Waals surface area contributed by atoms with Gasteiger partial charge in [-0.2, -0.15) is 0 Å². The van der Waals surface area contributed by atoms with Crippen LogP contribution in [0.5, 0.6) is 0 Å². The van der Waals surface area contributed by atoms with Crippen molar-refractivity contribution < 1.29 is 8.42 Å². The first-order chi connectivity index (χ1) is 9.49. The zero-order valence-corrected chi connectivity index (χ0v) is 14.9. The summed E-state index contributed by atoms with van der Waals surface area (Å²) >= 11 is 4.78. The highest BCUT2D eigenvalue weighted by molar-refractivity contribution is 9.11. The third kappa shape index (κ3) is 4.53. The van der Waals surface area contributed by atoms with Crippen LogP contribution in [0, 0.1) is 6.92 Å². The fraction of sp³-hybridized carbons (Fsp3) is 0.692. The molecular formula is C13H21BrN2O2S2. The summed E-state index contributed by atoms with van der Waals surface area (Å²) in [4.78, 5) is 3.57. The van der Waals surface area contributed by atoms with Crippen LogP contribution in [-0.4, -0.2) is 39.5 Å². The molecule has 20 heavy (non-hydrogen) atoms. The SMILES string of the molecule is Cc1sc(Br)cc1S(=O)(=O)NCCN1CCCCCC1. The molecule has 1 aliphatic rings. The van der Waals surface area contributed by atoms with Crippen LogP contribution in [0.15, 0.2) is 14.7 Å². The van der Waals surface area contributed by atoms with Crippen LogP contribution in [0.2, 0.25) is 0 Å². The number of halogens is 1. The van der Waals surface area contributed by atoms with E-state index in [0.29, 0.717) is 11.4 Å². The minimum absolute atomic E-state index is 0.394. The van der Waals surface area contributed by atoms with E-state index in [-0.39, 0.29) is 0 Å². The maximum atomic E-state index is 12.2. The van der Waals surface area contributed by atoms with Gasteiger partial charge < -0.3 is 4.90 Å². The molecule has 0 aromatic carbocycles. The van der Waals surface area contributed by atoms with Crippen molar-refractivity contribution >= 4 is 37.3 Å². The molecule has 7 heteroatoms. The Morgan fingerprint density at radius 2 is 1.95 bits per heavy atom. The Labute approximate surface area is 133 Å². The maximum Gasteiger partial charge on any atom is 0.241 e. The van der Waals surface area contributed by atoms with E-state index in [1.165, 1.54) is 37.0 Å². The van der Waals surface area contributed by atoms with Gasteiger partial charge in [-0.3, -0.25) is 0 Å². The first-order valence-corrected chi connectivity index (χ1v) is 10.1. The van der Waals surface area contributed by atoms with E-state index in [9.17, 15) is 8.42 Å². The second kappa shape index (κ2) is 7.35. The smallest absolute Gasteiger partial charge is 0.241 e. The Hall–Kier alpha value is 0.0500. The number of likely N-dealkylation sites (tertiary alicyclic amines) is 1. The predicted octanol–water partition coefficient (Wildman–Crippen LogP) is 2.97. The normalized spacial score (nSPS) is 18.1. The molecule has 0 bridgehead atoms. The molecule has 1 aromatic rings. The molecule has 1 aliphatic heterocycles. The number of hydrogen-bond donors (Lipinski definition) is 1. The van der Waals surface area contributed by atoms with Crippen LogP contribution >= 0.6 is 27.3 Å². The molecule has 1 saturated heterocycles. The molecular weight excluding hydrogens is 360 g/mol. The highest BCUT2D eigenvalue weighted by atomic mass is 79.9. The van der Waals surface area contributed by atoms with Gasteiger partial charge in [-0.05, 0) is 54.9 Å². The molecule has 4 nitrogen and oxygen atoms in total. The lowest BCUT2D eigenvalue weighted by Gasteiger charge is -2.19. The van der Waals surface area contributed by atoms with E-state index in [2.05, 4.69) is 25.6 Å². The van der Waals surface area contributed by atoms with Gasteiger partial charge in [0.15, 0.2) is 0 Å². The van der Waals surface area contributed by atoms with Crippen LogP contribution in [-0.2, 0) is 10.0 Å². The lowest BCUT2D eigenvalue weighted by molar-refractivity contribution is 0.290. The topological polar surface area (TPSA) is 49.4 Å². The highest BCUT2D eigenvalue weighted by Crippen LogP contribution is 2.29. The predicted molar refractivity (Wildman–Crippen MR) is 86.9 cm³/mol. The fourth-order valence-corrected chi connectivity index (χ4v) is 5.91. The minimum Gasteiger partial charge on any atom is -0.302 e. The van der Waals surface area contributed by atoms with Gasteiger partial charge in [-0.1, -0.05) is 12.8 Å². The van der Waals surface area contributed by atoms with Gasteiger partial charge in [0.25, 0.3) is 0 Å². The summed E-state index contributed by atoms with van der Waals surface area (Å²) in [6, 6.07) is 1.67. The minimum atomic E-state index is -3.38. The van der Waals surface area contributed by atoms with Crippen LogP contribution in [0.4, 0.5) is 0 Å². The largest absolute Gasteiger partial charge is 0.302 e. The van der Waals surface area contributed by atoms with Crippen molar-refractivity contribution in [1.82, 2.24) is 9.62 Å². The number of nitrogens with one attached hydrogen (secondary N) is 1. The second-order valence-corrected chi connectivity index (χ2v) is 9.50. The Kier molecular flexibility index (Phi) is 6.04. The standard InChI is InChI=1S/C13H21BrN2O2S2/c1-11-12(10-13(14)19-11)20(17,18)15-6-9-16-7-4-2-3-5-8-16/h10,15H,2-9H2,1H3. The zero-order valence-electron chi connectivity index (χ0n) is 11.7. The van der Waals surface area contributed by atoms with Gasteiger partial charge in [-0.15, -0.1) is 11.3 Å². The number of rotatable bonds is 5. The van der Waals surface area contributed by atoms with E-state index >= 15 is 0 Å². The summed E-state index contributed by atoms with van der Waals surface area (Å²) in [5.41, 5.74) is 0. The van der Waals surface area contributed by atoms with Crippen molar-refractivity contribution in [3.05, 3.63) is 14.7 Å². The molecule has 1 N–H and O–H groups in total. The van der Waals surface area contributed by atoms with Gasteiger partial charge in [0.05, 0.1) is 8.68 Å². The summed E-state index contributed by atoms with van der Waals surface area (Å²) in [6.07, 6.45) is 5.04. The van der Waals surface area contributed by atoms with Crippen molar-refractivity contribution in [2.45, 2.75) is 37.5 Å². The average molecular weight is 381 g/mol. The van der Waals surface area contributed by atoms with Gasteiger partial charge in [-0.25, -0.2) is 13.1 Å². The van der Waals surface area contributed by atoms with Crippen molar-refractivity contribution in [3.63, 3.8) is 0 Å². The van der Waals surface area contributed by atoms with Gasteiger partial charge >= 0.3 is 0 Å². The molecule has 114 valence electrons. The number of nitrogens with zero attached hydrogens (tertiary/aromatic N) is 1. The van der Waals surface area contributed by atoms with Crippen molar-refractivity contribution in [1.29, 1.82) is 0 Å². The van der Waals surface area contributed by atoms with E-state index in [1.54, 1.807) is 6.07 Å². The highest BCUT2D eigenvalue weighted by Gasteiger charge is 2.19. The molecule has 0 saturated carbocycles. The quantitative estimate of drug-likeness (QED) is 0.853. The van der Waals surface area contributed by atoms with Crippen LogP contribution in [0.25, 0.3) is 0 Å². The third-order valence-corrected chi connectivity index (χ3v) is 6.82. The second-order valence-electron chi connectivity index (χ2n) is 5.12. The Balaban J connectivity index is 1.87. The number of thiophene rings is 1. The first kappa shape index (κ1) is 16.4. The van der Waals surface area contributed by atoms with E-state index in [1.807, 2.05) is 6.92 Å². The summed E-state index contributed by atoms with van der Waals surface area (Å²) in [5, 5.41) is 0. The Morgan fingerprint density at radius 1 is 1.30 bits per heavy atom. The lowest BCUT2D eigenvalue weighted by atomic mass is 10.2. The third-order valence-electron chi connectivity index (χ3n) is 3.55. The molecule has 0 radical (unpaired) electrons. The summed E-state index contributed by atoms with van der Waals surface area (Å²) in [7, 11) is -3.38.